The quantitative estimate of drug-likeness (QED) is 0.645. The van der Waals surface area contributed by atoms with Gasteiger partial charge in [-0.05, 0) is 17.9 Å². The molecular formula is C10H15NOS. The molecule has 1 aliphatic heterocycles. The largest absolute Gasteiger partial charge is 0.394 e. The predicted octanol–water partition coefficient (Wildman–Crippen LogP) is 1.91. The van der Waals surface area contributed by atoms with Gasteiger partial charge >= 0.3 is 0 Å². The van der Waals surface area contributed by atoms with Crippen molar-refractivity contribution in [3.63, 3.8) is 0 Å². The van der Waals surface area contributed by atoms with Gasteiger partial charge in [-0.1, -0.05) is 13.8 Å². The first-order chi connectivity index (χ1) is 5.98. The fourth-order valence-corrected chi connectivity index (χ4v) is 3.73. The number of fused-ring (bicyclic) bond motifs is 1. The Morgan fingerprint density at radius 1 is 1.62 bits per heavy atom. The van der Waals surface area contributed by atoms with Crippen LogP contribution in [0.1, 0.15) is 26.7 Å². The third kappa shape index (κ3) is 1.62. The molecular weight excluding hydrogens is 182 g/mol. The number of carbonyl (C=O) groups is 1. The minimum Gasteiger partial charge on any atom is -0.394 e. The minimum atomic E-state index is 0.109. The Bertz CT molecular complexity index is 283. The van der Waals surface area contributed by atoms with Crippen molar-refractivity contribution in [1.29, 1.82) is 0 Å². The van der Waals surface area contributed by atoms with E-state index in [-0.39, 0.29) is 11.3 Å². The van der Waals surface area contributed by atoms with E-state index in [2.05, 4.69) is 13.8 Å². The van der Waals surface area contributed by atoms with E-state index in [1.54, 1.807) is 11.8 Å². The third-order valence-electron chi connectivity index (χ3n) is 2.81. The smallest absolute Gasteiger partial charge is 0.141 e. The molecule has 1 fully saturated rings. The van der Waals surface area contributed by atoms with Gasteiger partial charge in [-0.25, -0.2) is 0 Å². The van der Waals surface area contributed by atoms with Crippen LogP contribution in [0.15, 0.2) is 11.1 Å². The average Bonchev–Trinajstić information content (AvgIpc) is 2.27. The van der Waals surface area contributed by atoms with Crippen molar-refractivity contribution in [2.45, 2.75) is 31.9 Å². The molecule has 0 amide bonds. The number of thioether (sulfide) groups is 1. The molecule has 0 aromatic heterocycles. The number of hydrogen-bond donors (Lipinski definition) is 1. The molecule has 13 heavy (non-hydrogen) atoms. The first-order valence-corrected chi connectivity index (χ1v) is 5.53. The van der Waals surface area contributed by atoms with Crippen molar-refractivity contribution in [2.24, 2.45) is 17.1 Å². The second-order valence-corrected chi connectivity index (χ2v) is 6.08. The highest BCUT2D eigenvalue weighted by molar-refractivity contribution is 8.03. The summed E-state index contributed by atoms with van der Waals surface area (Å²) < 4.78 is 0. The highest BCUT2D eigenvalue weighted by Crippen LogP contribution is 2.47. The average molecular weight is 197 g/mol. The van der Waals surface area contributed by atoms with Gasteiger partial charge in [-0.15, -0.1) is 11.8 Å². The van der Waals surface area contributed by atoms with Crippen LogP contribution in [-0.2, 0) is 4.79 Å². The monoisotopic (exact) mass is 197 g/mol. The highest BCUT2D eigenvalue weighted by atomic mass is 32.2. The number of carbonyl (C=O) groups excluding carboxylic acids is 1. The van der Waals surface area contributed by atoms with Crippen molar-refractivity contribution in [1.82, 2.24) is 0 Å². The highest BCUT2D eigenvalue weighted by Gasteiger charge is 2.42. The summed E-state index contributed by atoms with van der Waals surface area (Å²) in [4.78, 5) is 11.7. The van der Waals surface area contributed by atoms with Crippen LogP contribution in [0.4, 0.5) is 0 Å². The normalized spacial score (nSPS) is 37.1. The summed E-state index contributed by atoms with van der Waals surface area (Å²) in [6.45, 7) is 4.33. The maximum absolute atomic E-state index is 11.7. The summed E-state index contributed by atoms with van der Waals surface area (Å²) in [6, 6.07) is 0. The van der Waals surface area contributed by atoms with Crippen LogP contribution >= 0.6 is 11.8 Å². The van der Waals surface area contributed by atoms with E-state index in [9.17, 15) is 4.79 Å². The molecule has 2 N–H and O–H groups in total. The van der Waals surface area contributed by atoms with Gasteiger partial charge in [-0.2, -0.15) is 0 Å². The summed E-state index contributed by atoms with van der Waals surface area (Å²) in [7, 11) is 0. The maximum Gasteiger partial charge on any atom is 0.141 e. The van der Waals surface area contributed by atoms with Crippen molar-refractivity contribution in [3.8, 4) is 0 Å². The van der Waals surface area contributed by atoms with Crippen LogP contribution < -0.4 is 5.73 Å². The first-order valence-electron chi connectivity index (χ1n) is 4.65. The molecule has 1 heterocycles. The number of rotatable bonds is 0. The molecule has 72 valence electrons. The molecule has 0 aromatic rings. The first kappa shape index (κ1) is 9.13. The fraction of sp³-hybridized carbons (Fsp3) is 0.700. The van der Waals surface area contributed by atoms with Crippen molar-refractivity contribution in [2.75, 3.05) is 0 Å². The standard InChI is InChI=1S/C10H15NOS/c1-10(2)4-7(12)6-3-9(11)13-8(6)5-10/h3,6,8H,4-5,11H2,1-2H3/t6-,8-/m1/s1. The molecule has 0 unspecified atom stereocenters. The minimum absolute atomic E-state index is 0.109. The Morgan fingerprint density at radius 2 is 2.31 bits per heavy atom. The topological polar surface area (TPSA) is 43.1 Å². The zero-order valence-corrected chi connectivity index (χ0v) is 8.86. The van der Waals surface area contributed by atoms with E-state index >= 15 is 0 Å². The van der Waals surface area contributed by atoms with Gasteiger partial charge in [0, 0.05) is 11.7 Å². The molecule has 0 saturated heterocycles. The number of ketones is 1. The molecule has 2 nitrogen and oxygen atoms in total. The van der Waals surface area contributed by atoms with Crippen LogP contribution in [0, 0.1) is 11.3 Å². The Balaban J connectivity index is 2.21. The Kier molecular flexibility index (Phi) is 1.95. The molecule has 2 atom stereocenters. The van der Waals surface area contributed by atoms with Crippen LogP contribution in [0.3, 0.4) is 0 Å². The van der Waals surface area contributed by atoms with E-state index in [4.69, 9.17) is 5.73 Å². The fourth-order valence-electron chi connectivity index (χ4n) is 2.25. The van der Waals surface area contributed by atoms with Gasteiger partial charge in [0.25, 0.3) is 0 Å². The van der Waals surface area contributed by atoms with E-state index in [1.807, 2.05) is 6.08 Å². The second kappa shape index (κ2) is 2.77. The molecule has 2 aliphatic rings. The van der Waals surface area contributed by atoms with Crippen LogP contribution in [0.25, 0.3) is 0 Å². The van der Waals surface area contributed by atoms with Gasteiger partial charge in [0.15, 0.2) is 0 Å². The summed E-state index contributed by atoms with van der Waals surface area (Å²) in [5, 5.41) is 1.25. The zero-order valence-electron chi connectivity index (χ0n) is 8.04. The number of Topliss-reactive ketones (excluding diaryl/α,β-unsaturated/α-hetero) is 1. The predicted molar refractivity (Wildman–Crippen MR) is 55.2 cm³/mol. The van der Waals surface area contributed by atoms with Gasteiger partial charge in [0.05, 0.1) is 10.9 Å². The van der Waals surface area contributed by atoms with Crippen LogP contribution in [0.5, 0.6) is 0 Å². The number of nitrogens with two attached hydrogens (primary N) is 1. The molecule has 2 rings (SSSR count). The SMILES string of the molecule is CC1(C)CC(=O)[C@H]2C=C(N)S[C@@H]2C1. The summed E-state index contributed by atoms with van der Waals surface area (Å²) >= 11 is 1.67. The van der Waals surface area contributed by atoms with Crippen molar-refractivity contribution < 1.29 is 4.79 Å². The molecule has 1 saturated carbocycles. The Hall–Kier alpha value is -0.440. The van der Waals surface area contributed by atoms with E-state index in [0.717, 1.165) is 11.4 Å². The van der Waals surface area contributed by atoms with Crippen LogP contribution in [0.2, 0.25) is 0 Å². The molecule has 0 bridgehead atoms. The van der Waals surface area contributed by atoms with E-state index in [1.165, 1.54) is 0 Å². The molecule has 0 radical (unpaired) electrons. The third-order valence-corrected chi connectivity index (χ3v) is 3.98. The van der Waals surface area contributed by atoms with Gasteiger partial charge in [-0.3, -0.25) is 4.79 Å². The molecule has 0 aromatic carbocycles. The van der Waals surface area contributed by atoms with Crippen molar-refractivity contribution >= 4 is 17.5 Å². The van der Waals surface area contributed by atoms with Gasteiger partial charge < -0.3 is 5.73 Å². The van der Waals surface area contributed by atoms with Gasteiger partial charge in [0.2, 0.25) is 0 Å². The Labute approximate surface area is 82.9 Å². The molecule has 3 heteroatoms. The second-order valence-electron chi connectivity index (χ2n) is 4.76. The van der Waals surface area contributed by atoms with Crippen LogP contribution in [-0.4, -0.2) is 11.0 Å². The molecule has 0 spiro atoms. The maximum atomic E-state index is 11.7. The van der Waals surface area contributed by atoms with Crippen molar-refractivity contribution in [3.05, 3.63) is 11.1 Å². The lowest BCUT2D eigenvalue weighted by Gasteiger charge is -2.35. The number of hydrogen-bond acceptors (Lipinski definition) is 3. The lowest BCUT2D eigenvalue weighted by atomic mass is 9.72. The van der Waals surface area contributed by atoms with Gasteiger partial charge in [0.1, 0.15) is 5.78 Å². The van der Waals surface area contributed by atoms with E-state index in [0.29, 0.717) is 17.5 Å². The number of allylic oxidation sites excluding steroid dienone is 1. The summed E-state index contributed by atoms with van der Waals surface area (Å²) in [5.41, 5.74) is 5.89. The summed E-state index contributed by atoms with van der Waals surface area (Å²) in [5.74, 6) is 0.479. The van der Waals surface area contributed by atoms with E-state index < -0.39 is 0 Å². The Morgan fingerprint density at radius 3 is 3.00 bits per heavy atom. The summed E-state index contributed by atoms with van der Waals surface area (Å²) in [6.07, 6.45) is 3.75. The lowest BCUT2D eigenvalue weighted by Crippen LogP contribution is -2.36. The zero-order chi connectivity index (χ0) is 9.64. The molecule has 1 aliphatic carbocycles. The lowest BCUT2D eigenvalue weighted by molar-refractivity contribution is -0.125.